The monoisotopic (exact) mass is 255 g/mol. The highest BCUT2D eigenvalue weighted by molar-refractivity contribution is 5.92. The third-order valence-electron chi connectivity index (χ3n) is 2.77. The third kappa shape index (κ3) is 3.85. The second-order valence-electron chi connectivity index (χ2n) is 4.47. The Morgan fingerprint density at radius 2 is 1.84 bits per heavy atom. The van der Waals surface area contributed by atoms with E-state index in [2.05, 4.69) is 5.32 Å². The van der Waals surface area contributed by atoms with Gasteiger partial charge in [-0.2, -0.15) is 0 Å². The molecule has 0 unspecified atom stereocenters. The number of nitrogens with one attached hydrogen (secondary N) is 1. The zero-order chi connectivity index (χ0) is 13.7. The number of hydrogen-bond donors (Lipinski definition) is 1. The zero-order valence-electron chi connectivity index (χ0n) is 11.1. The maximum atomic E-state index is 11.8. The van der Waals surface area contributed by atoms with Gasteiger partial charge in [0.1, 0.15) is 5.75 Å². The van der Waals surface area contributed by atoms with Gasteiger partial charge in [-0.3, -0.25) is 4.79 Å². The van der Waals surface area contributed by atoms with Crippen molar-refractivity contribution in [3.63, 3.8) is 0 Å². The average molecular weight is 255 g/mol. The second-order valence-corrected chi connectivity index (χ2v) is 4.47. The van der Waals surface area contributed by atoms with Gasteiger partial charge in [0.15, 0.2) is 6.61 Å². The molecule has 98 valence electrons. The molecule has 2 rings (SSSR count). The molecule has 0 bridgehead atoms. The van der Waals surface area contributed by atoms with Crippen LogP contribution < -0.4 is 10.1 Å². The van der Waals surface area contributed by atoms with Crippen LogP contribution in [0.3, 0.4) is 0 Å². The summed E-state index contributed by atoms with van der Waals surface area (Å²) >= 11 is 0. The Kier molecular flexibility index (Phi) is 4.18. The summed E-state index contributed by atoms with van der Waals surface area (Å²) < 4.78 is 5.39. The molecule has 1 N–H and O–H groups in total. The molecule has 2 aromatic carbocycles. The van der Waals surface area contributed by atoms with Gasteiger partial charge in [0, 0.05) is 5.69 Å². The van der Waals surface area contributed by atoms with E-state index in [-0.39, 0.29) is 12.5 Å². The first-order valence-corrected chi connectivity index (χ1v) is 6.20. The number of benzene rings is 2. The van der Waals surface area contributed by atoms with Crippen molar-refractivity contribution in [2.75, 3.05) is 11.9 Å². The first-order chi connectivity index (χ1) is 9.15. The molecule has 2 aromatic rings. The first-order valence-electron chi connectivity index (χ1n) is 6.20. The van der Waals surface area contributed by atoms with Crippen LogP contribution >= 0.6 is 0 Å². The summed E-state index contributed by atoms with van der Waals surface area (Å²) in [6.45, 7) is 4.01. The molecule has 0 aliphatic carbocycles. The van der Waals surface area contributed by atoms with Gasteiger partial charge >= 0.3 is 0 Å². The quantitative estimate of drug-likeness (QED) is 0.910. The Balaban J connectivity index is 1.91. The number of carbonyl (C=O) groups is 1. The third-order valence-corrected chi connectivity index (χ3v) is 2.77. The smallest absolute Gasteiger partial charge is 0.262 e. The van der Waals surface area contributed by atoms with Crippen LogP contribution in [0.5, 0.6) is 5.75 Å². The lowest BCUT2D eigenvalue weighted by Crippen LogP contribution is -2.20. The fourth-order valence-electron chi connectivity index (χ4n) is 1.81. The highest BCUT2D eigenvalue weighted by Crippen LogP contribution is 2.16. The van der Waals surface area contributed by atoms with E-state index >= 15 is 0 Å². The SMILES string of the molecule is Cc1ccc(NC(=O)COc2ccccc2)c(C)c1. The van der Waals surface area contributed by atoms with Crippen molar-refractivity contribution >= 4 is 11.6 Å². The maximum Gasteiger partial charge on any atom is 0.262 e. The van der Waals surface area contributed by atoms with Crippen LogP contribution in [0.1, 0.15) is 11.1 Å². The summed E-state index contributed by atoms with van der Waals surface area (Å²) in [5.41, 5.74) is 3.05. The molecule has 0 aromatic heterocycles. The number of anilines is 1. The lowest BCUT2D eigenvalue weighted by Gasteiger charge is -2.10. The lowest BCUT2D eigenvalue weighted by atomic mass is 10.1. The van der Waals surface area contributed by atoms with Crippen LogP contribution in [-0.4, -0.2) is 12.5 Å². The summed E-state index contributed by atoms with van der Waals surface area (Å²) in [7, 11) is 0. The predicted molar refractivity (Wildman–Crippen MR) is 76.5 cm³/mol. The van der Waals surface area contributed by atoms with E-state index < -0.39 is 0 Å². The fourth-order valence-corrected chi connectivity index (χ4v) is 1.81. The van der Waals surface area contributed by atoms with Crippen molar-refractivity contribution in [2.24, 2.45) is 0 Å². The molecule has 0 heterocycles. The topological polar surface area (TPSA) is 38.3 Å². The molecule has 0 saturated carbocycles. The van der Waals surface area contributed by atoms with Gasteiger partial charge in [0.25, 0.3) is 5.91 Å². The van der Waals surface area contributed by atoms with Gasteiger partial charge in [-0.25, -0.2) is 0 Å². The molecule has 0 saturated heterocycles. The van der Waals surface area contributed by atoms with Crippen molar-refractivity contribution in [1.29, 1.82) is 0 Å². The zero-order valence-corrected chi connectivity index (χ0v) is 11.1. The maximum absolute atomic E-state index is 11.8. The Morgan fingerprint density at radius 1 is 1.11 bits per heavy atom. The molecule has 0 fully saturated rings. The molecule has 0 radical (unpaired) electrons. The Morgan fingerprint density at radius 3 is 2.53 bits per heavy atom. The summed E-state index contributed by atoms with van der Waals surface area (Å²) in [6.07, 6.45) is 0. The summed E-state index contributed by atoms with van der Waals surface area (Å²) in [6, 6.07) is 15.2. The van der Waals surface area contributed by atoms with E-state index in [0.29, 0.717) is 5.75 Å². The van der Waals surface area contributed by atoms with Crippen LogP contribution in [0.4, 0.5) is 5.69 Å². The van der Waals surface area contributed by atoms with Crippen LogP contribution in [0.15, 0.2) is 48.5 Å². The normalized spacial score (nSPS) is 10.0. The van der Waals surface area contributed by atoms with E-state index in [1.807, 2.05) is 62.4 Å². The lowest BCUT2D eigenvalue weighted by molar-refractivity contribution is -0.118. The summed E-state index contributed by atoms with van der Waals surface area (Å²) in [4.78, 5) is 11.8. The molecule has 3 nitrogen and oxygen atoms in total. The van der Waals surface area contributed by atoms with Gasteiger partial charge in [0.2, 0.25) is 0 Å². The van der Waals surface area contributed by atoms with Crippen molar-refractivity contribution in [2.45, 2.75) is 13.8 Å². The van der Waals surface area contributed by atoms with Crippen molar-refractivity contribution in [3.05, 3.63) is 59.7 Å². The molecule has 0 atom stereocenters. The number of ether oxygens (including phenoxy) is 1. The molecule has 19 heavy (non-hydrogen) atoms. The first kappa shape index (κ1) is 13.1. The van der Waals surface area contributed by atoms with Gasteiger partial charge in [-0.05, 0) is 37.6 Å². The fraction of sp³-hybridized carbons (Fsp3) is 0.188. The number of carbonyl (C=O) groups excluding carboxylic acids is 1. The van der Waals surface area contributed by atoms with Gasteiger partial charge in [-0.15, -0.1) is 0 Å². The molecule has 3 heteroatoms. The average Bonchev–Trinajstić information content (AvgIpc) is 2.41. The number of para-hydroxylation sites is 1. The second kappa shape index (κ2) is 6.05. The number of amides is 1. The molecule has 0 spiro atoms. The Labute approximate surface area is 113 Å². The molecule has 1 amide bonds. The van der Waals surface area contributed by atoms with E-state index in [1.54, 1.807) is 0 Å². The largest absolute Gasteiger partial charge is 0.484 e. The summed E-state index contributed by atoms with van der Waals surface area (Å²) in [5.74, 6) is 0.536. The Bertz CT molecular complexity index is 564. The summed E-state index contributed by atoms with van der Waals surface area (Å²) in [5, 5.41) is 2.84. The molecular formula is C16H17NO2. The number of aryl methyl sites for hydroxylation is 2. The minimum atomic E-state index is -0.157. The predicted octanol–water partition coefficient (Wildman–Crippen LogP) is 3.32. The van der Waals surface area contributed by atoms with Crippen molar-refractivity contribution in [3.8, 4) is 5.75 Å². The molecule has 0 aliphatic rings. The number of rotatable bonds is 4. The van der Waals surface area contributed by atoms with E-state index in [0.717, 1.165) is 11.3 Å². The minimum absolute atomic E-state index is 0.0112. The highest BCUT2D eigenvalue weighted by atomic mass is 16.5. The standard InChI is InChI=1S/C16H17NO2/c1-12-8-9-15(13(2)10-12)17-16(18)11-19-14-6-4-3-5-7-14/h3-10H,11H2,1-2H3,(H,17,18). The van der Waals surface area contributed by atoms with E-state index in [4.69, 9.17) is 4.74 Å². The number of hydrogen-bond acceptors (Lipinski definition) is 2. The van der Waals surface area contributed by atoms with Crippen molar-refractivity contribution in [1.82, 2.24) is 0 Å². The van der Waals surface area contributed by atoms with Gasteiger partial charge in [0.05, 0.1) is 0 Å². The van der Waals surface area contributed by atoms with Gasteiger partial charge < -0.3 is 10.1 Å². The van der Waals surface area contributed by atoms with Gasteiger partial charge in [-0.1, -0.05) is 35.9 Å². The van der Waals surface area contributed by atoms with Crippen LogP contribution in [0.2, 0.25) is 0 Å². The molecule has 0 aliphatic heterocycles. The Hall–Kier alpha value is -2.29. The highest BCUT2D eigenvalue weighted by Gasteiger charge is 2.05. The minimum Gasteiger partial charge on any atom is -0.484 e. The van der Waals surface area contributed by atoms with E-state index in [1.165, 1.54) is 5.56 Å². The molecular weight excluding hydrogens is 238 g/mol. The van der Waals surface area contributed by atoms with Crippen molar-refractivity contribution < 1.29 is 9.53 Å². The van der Waals surface area contributed by atoms with Crippen LogP contribution in [0, 0.1) is 13.8 Å². The van der Waals surface area contributed by atoms with E-state index in [9.17, 15) is 4.79 Å². The van der Waals surface area contributed by atoms with Crippen LogP contribution in [-0.2, 0) is 4.79 Å². The van der Waals surface area contributed by atoms with Crippen LogP contribution in [0.25, 0.3) is 0 Å².